The van der Waals surface area contributed by atoms with Crippen molar-refractivity contribution in [1.29, 1.82) is 0 Å². The number of ether oxygens (including phenoxy) is 1. The highest BCUT2D eigenvalue weighted by atomic mass is 35.5. The van der Waals surface area contributed by atoms with Crippen LogP contribution in [0.2, 0.25) is 10.2 Å². The molecule has 0 bridgehead atoms. The Hall–Kier alpha value is -1.78. The van der Waals surface area contributed by atoms with E-state index in [1.165, 1.54) is 6.20 Å². The van der Waals surface area contributed by atoms with Crippen LogP contribution in [-0.2, 0) is 0 Å². The van der Waals surface area contributed by atoms with Crippen molar-refractivity contribution in [3.8, 4) is 5.75 Å². The zero-order valence-electron chi connectivity index (χ0n) is 10.7. The van der Waals surface area contributed by atoms with Gasteiger partial charge in [-0.25, -0.2) is 4.98 Å². The molecule has 0 radical (unpaired) electrons. The molecule has 0 saturated heterocycles. The molecule has 20 heavy (non-hydrogen) atoms. The van der Waals surface area contributed by atoms with Crippen molar-refractivity contribution in [2.45, 2.75) is 6.92 Å². The molecule has 0 aliphatic carbocycles. The van der Waals surface area contributed by atoms with Gasteiger partial charge in [0.25, 0.3) is 5.91 Å². The van der Waals surface area contributed by atoms with Gasteiger partial charge >= 0.3 is 0 Å². The quantitative estimate of drug-likeness (QED) is 0.867. The molecule has 0 fully saturated rings. The monoisotopic (exact) mass is 310 g/mol. The second kappa shape index (κ2) is 6.59. The fourth-order valence-corrected chi connectivity index (χ4v) is 2.00. The third-order valence-electron chi connectivity index (χ3n) is 2.49. The van der Waals surface area contributed by atoms with Gasteiger partial charge in [0, 0.05) is 11.2 Å². The van der Waals surface area contributed by atoms with E-state index in [2.05, 4.69) is 10.3 Å². The molecular formula is C14H12Cl2N2O2. The molecule has 0 aliphatic heterocycles. The number of nitrogens with zero attached hydrogens (tertiary/aromatic N) is 1. The van der Waals surface area contributed by atoms with E-state index in [0.29, 0.717) is 23.1 Å². The van der Waals surface area contributed by atoms with Gasteiger partial charge in [-0.3, -0.25) is 4.79 Å². The second-order valence-corrected chi connectivity index (χ2v) is 4.66. The largest absolute Gasteiger partial charge is 0.492 e. The summed E-state index contributed by atoms with van der Waals surface area (Å²) in [5.74, 6) is 0.177. The molecule has 0 atom stereocenters. The van der Waals surface area contributed by atoms with Crippen molar-refractivity contribution >= 4 is 34.8 Å². The van der Waals surface area contributed by atoms with E-state index in [1.54, 1.807) is 30.3 Å². The van der Waals surface area contributed by atoms with Crippen LogP contribution in [0.15, 0.2) is 36.5 Å². The van der Waals surface area contributed by atoms with Crippen LogP contribution in [-0.4, -0.2) is 17.5 Å². The molecule has 0 unspecified atom stereocenters. The minimum atomic E-state index is -0.369. The minimum Gasteiger partial charge on any atom is -0.492 e. The van der Waals surface area contributed by atoms with Crippen molar-refractivity contribution in [1.82, 2.24) is 4.98 Å². The highest BCUT2D eigenvalue weighted by Crippen LogP contribution is 2.28. The number of halogens is 2. The summed E-state index contributed by atoms with van der Waals surface area (Å²) in [5, 5.41) is 3.36. The van der Waals surface area contributed by atoms with Gasteiger partial charge in [0.2, 0.25) is 0 Å². The summed E-state index contributed by atoms with van der Waals surface area (Å²) in [6.07, 6.45) is 1.52. The maximum absolute atomic E-state index is 12.2. The number of carbonyl (C=O) groups is 1. The number of amides is 1. The highest BCUT2D eigenvalue weighted by molar-refractivity contribution is 6.33. The molecular weight excluding hydrogens is 299 g/mol. The van der Waals surface area contributed by atoms with Gasteiger partial charge in [0.1, 0.15) is 10.9 Å². The standard InChI is InChI=1S/C14H12Cl2N2O2/c1-2-20-12-6-5-9(15)8-11(12)18-14(19)10-4-3-7-17-13(10)16/h3-8H,2H2,1H3,(H,18,19). The number of pyridine rings is 1. The van der Waals surface area contributed by atoms with Crippen LogP contribution >= 0.6 is 23.2 Å². The van der Waals surface area contributed by atoms with Crippen LogP contribution in [0, 0.1) is 0 Å². The van der Waals surface area contributed by atoms with Gasteiger partial charge in [-0.15, -0.1) is 0 Å². The van der Waals surface area contributed by atoms with E-state index < -0.39 is 0 Å². The third-order valence-corrected chi connectivity index (χ3v) is 3.03. The fraction of sp³-hybridized carbons (Fsp3) is 0.143. The molecule has 2 aromatic rings. The van der Waals surface area contributed by atoms with Crippen molar-refractivity contribution in [3.63, 3.8) is 0 Å². The predicted octanol–water partition coefficient (Wildman–Crippen LogP) is 4.04. The van der Waals surface area contributed by atoms with E-state index in [4.69, 9.17) is 27.9 Å². The van der Waals surface area contributed by atoms with Crippen molar-refractivity contribution < 1.29 is 9.53 Å². The lowest BCUT2D eigenvalue weighted by atomic mass is 10.2. The first-order chi connectivity index (χ1) is 9.61. The molecule has 1 heterocycles. The topological polar surface area (TPSA) is 51.2 Å². The SMILES string of the molecule is CCOc1ccc(Cl)cc1NC(=O)c1cccnc1Cl. The van der Waals surface area contributed by atoms with Crippen molar-refractivity contribution in [2.75, 3.05) is 11.9 Å². The lowest BCUT2D eigenvalue weighted by Crippen LogP contribution is -2.14. The maximum atomic E-state index is 12.2. The summed E-state index contributed by atoms with van der Waals surface area (Å²) in [4.78, 5) is 16.0. The summed E-state index contributed by atoms with van der Waals surface area (Å²) < 4.78 is 5.44. The van der Waals surface area contributed by atoms with E-state index in [-0.39, 0.29) is 16.6 Å². The maximum Gasteiger partial charge on any atom is 0.258 e. The highest BCUT2D eigenvalue weighted by Gasteiger charge is 2.13. The minimum absolute atomic E-state index is 0.144. The number of carbonyl (C=O) groups excluding carboxylic acids is 1. The molecule has 1 aromatic heterocycles. The molecule has 6 heteroatoms. The molecule has 1 amide bonds. The number of aromatic nitrogens is 1. The van der Waals surface area contributed by atoms with Gasteiger partial charge in [-0.05, 0) is 37.3 Å². The number of hydrogen-bond donors (Lipinski definition) is 1. The second-order valence-electron chi connectivity index (χ2n) is 3.87. The van der Waals surface area contributed by atoms with Crippen LogP contribution in [0.3, 0.4) is 0 Å². The molecule has 0 aliphatic rings. The number of hydrogen-bond acceptors (Lipinski definition) is 3. The Morgan fingerprint density at radius 3 is 2.85 bits per heavy atom. The van der Waals surface area contributed by atoms with E-state index in [1.807, 2.05) is 6.92 Å². The van der Waals surface area contributed by atoms with Crippen LogP contribution in [0.5, 0.6) is 5.75 Å². The fourth-order valence-electron chi connectivity index (χ4n) is 1.63. The Morgan fingerprint density at radius 2 is 2.15 bits per heavy atom. The Bertz CT molecular complexity index is 632. The van der Waals surface area contributed by atoms with Gasteiger partial charge in [0.15, 0.2) is 0 Å². The Labute approximate surface area is 126 Å². The normalized spacial score (nSPS) is 10.2. The summed E-state index contributed by atoms with van der Waals surface area (Å²) in [7, 11) is 0. The molecule has 0 saturated carbocycles. The number of nitrogens with one attached hydrogen (secondary N) is 1. The van der Waals surface area contributed by atoms with Crippen LogP contribution < -0.4 is 10.1 Å². The summed E-state index contributed by atoms with van der Waals surface area (Å²) >= 11 is 11.8. The first-order valence-electron chi connectivity index (χ1n) is 5.96. The summed E-state index contributed by atoms with van der Waals surface area (Å²) in [5.41, 5.74) is 0.779. The molecule has 2 rings (SSSR count). The zero-order chi connectivity index (χ0) is 14.5. The first kappa shape index (κ1) is 14.6. The van der Waals surface area contributed by atoms with Crippen LogP contribution in [0.4, 0.5) is 5.69 Å². The smallest absolute Gasteiger partial charge is 0.258 e. The van der Waals surface area contributed by atoms with E-state index in [9.17, 15) is 4.79 Å². The summed E-state index contributed by atoms with van der Waals surface area (Å²) in [6, 6.07) is 8.25. The number of anilines is 1. The molecule has 4 nitrogen and oxygen atoms in total. The Balaban J connectivity index is 2.27. The van der Waals surface area contributed by atoms with Gasteiger partial charge in [-0.2, -0.15) is 0 Å². The van der Waals surface area contributed by atoms with Crippen LogP contribution in [0.1, 0.15) is 17.3 Å². The van der Waals surface area contributed by atoms with Gasteiger partial charge < -0.3 is 10.1 Å². The Kier molecular flexibility index (Phi) is 4.82. The average Bonchev–Trinajstić information content (AvgIpc) is 2.42. The zero-order valence-corrected chi connectivity index (χ0v) is 12.2. The van der Waals surface area contributed by atoms with Gasteiger partial charge in [0.05, 0.1) is 17.9 Å². The first-order valence-corrected chi connectivity index (χ1v) is 6.71. The molecule has 0 spiro atoms. The molecule has 1 N–H and O–H groups in total. The average molecular weight is 311 g/mol. The van der Waals surface area contributed by atoms with E-state index >= 15 is 0 Å². The van der Waals surface area contributed by atoms with Crippen molar-refractivity contribution in [3.05, 3.63) is 52.3 Å². The van der Waals surface area contributed by atoms with Crippen LogP contribution in [0.25, 0.3) is 0 Å². The van der Waals surface area contributed by atoms with Gasteiger partial charge in [-0.1, -0.05) is 23.2 Å². The van der Waals surface area contributed by atoms with Crippen molar-refractivity contribution in [2.24, 2.45) is 0 Å². The Morgan fingerprint density at radius 1 is 1.35 bits per heavy atom. The van der Waals surface area contributed by atoms with E-state index in [0.717, 1.165) is 0 Å². The molecule has 1 aromatic carbocycles. The lowest BCUT2D eigenvalue weighted by molar-refractivity contribution is 0.102. The molecule has 104 valence electrons. The third kappa shape index (κ3) is 3.40. The number of benzene rings is 1. The predicted molar refractivity (Wildman–Crippen MR) is 79.8 cm³/mol. The lowest BCUT2D eigenvalue weighted by Gasteiger charge is -2.12. The summed E-state index contributed by atoms with van der Waals surface area (Å²) in [6.45, 7) is 2.34. The number of rotatable bonds is 4.